The van der Waals surface area contributed by atoms with E-state index in [9.17, 15) is 19.2 Å². The third-order valence-electron chi connectivity index (χ3n) is 13.4. The zero-order valence-corrected chi connectivity index (χ0v) is 39.3. The minimum absolute atomic E-state index is 0.0988. The van der Waals surface area contributed by atoms with Gasteiger partial charge >= 0.3 is 0 Å². The standard InChI is InChI=1S/C64H48N4O4/c69-61-53-9-1-45(2-10-53)41-65-33-25-49(26-34-65)50-27-35-66(36-28-50)42-47-5-13-55(14-6-47)63(71)59-21-23-60(24-22-59)64(72)56-15-7-48(8-16-56)44-68-39-31-52(32-40-68)51-29-37-67(38-30-51)43-46-3-11-54(12-4-46)62(70)58-19-17-57(61)18-20-58/h1-40H,41-44H2/q+4. The van der Waals surface area contributed by atoms with Gasteiger partial charge in [0.05, 0.1) is 0 Å². The molecule has 344 valence electrons. The molecule has 0 atom stereocenters. The molecule has 16 aliphatic heterocycles. The molecule has 0 aliphatic carbocycles. The van der Waals surface area contributed by atoms with Gasteiger partial charge in [-0.1, -0.05) is 146 Å². The second-order valence-electron chi connectivity index (χ2n) is 18.3. The highest BCUT2D eigenvalue weighted by molar-refractivity contribution is 6.12. The largest absolute Gasteiger partial charge is 0.289 e. The first-order valence-electron chi connectivity index (χ1n) is 24.0. The maximum Gasteiger partial charge on any atom is 0.193 e. The van der Waals surface area contributed by atoms with Gasteiger partial charge in [-0.3, -0.25) is 19.2 Å². The highest BCUT2D eigenvalue weighted by atomic mass is 16.1. The Morgan fingerprint density at radius 2 is 0.319 bits per heavy atom. The van der Waals surface area contributed by atoms with E-state index in [1.807, 2.05) is 97.1 Å². The summed E-state index contributed by atoms with van der Waals surface area (Å²) in [6, 6.07) is 61.3. The van der Waals surface area contributed by atoms with Gasteiger partial charge in [0.2, 0.25) is 0 Å². The number of hydrogen-bond acceptors (Lipinski definition) is 4. The first-order valence-corrected chi connectivity index (χ1v) is 24.0. The fourth-order valence-corrected chi connectivity index (χ4v) is 9.12. The predicted molar refractivity (Wildman–Crippen MR) is 273 cm³/mol. The summed E-state index contributed by atoms with van der Waals surface area (Å²) >= 11 is 0. The van der Waals surface area contributed by atoms with Crippen molar-refractivity contribution < 1.29 is 37.4 Å². The number of aromatic nitrogens is 4. The van der Waals surface area contributed by atoms with Crippen molar-refractivity contribution in [3.63, 3.8) is 0 Å². The van der Waals surface area contributed by atoms with Crippen molar-refractivity contribution in [2.24, 2.45) is 0 Å². The fraction of sp³-hybridized carbons (Fsp3) is 0.0625. The van der Waals surface area contributed by atoms with Gasteiger partial charge in [0.25, 0.3) is 0 Å². The first-order chi connectivity index (χ1) is 35.2. The number of nitrogens with zero attached hydrogens (tertiary/aromatic N) is 4. The number of carbonyl (C=O) groups is 4. The molecule has 0 unspecified atom stereocenters. The second-order valence-corrected chi connectivity index (χ2v) is 18.3. The summed E-state index contributed by atoms with van der Waals surface area (Å²) in [5, 5.41) is 0. The van der Waals surface area contributed by atoms with Crippen LogP contribution in [0.25, 0.3) is 22.3 Å². The van der Waals surface area contributed by atoms with Gasteiger partial charge in [0.1, 0.15) is 0 Å². The maximum atomic E-state index is 13.5. The Morgan fingerprint density at radius 1 is 0.181 bits per heavy atom. The van der Waals surface area contributed by atoms with E-state index in [1.54, 1.807) is 48.5 Å². The van der Waals surface area contributed by atoms with Crippen molar-refractivity contribution in [3.8, 4) is 22.3 Å². The molecule has 0 fully saturated rings. The Bertz CT molecular complexity index is 3100. The lowest BCUT2D eigenvalue weighted by Crippen LogP contribution is -2.33. The summed E-state index contributed by atoms with van der Waals surface area (Å²) in [5.41, 5.74) is 13.1. The van der Waals surface area contributed by atoms with Crippen molar-refractivity contribution in [1.82, 2.24) is 0 Å². The van der Waals surface area contributed by atoms with Crippen molar-refractivity contribution in [3.05, 3.63) is 310 Å². The van der Waals surface area contributed by atoms with Crippen LogP contribution in [0.15, 0.2) is 244 Å². The van der Waals surface area contributed by atoms with Crippen LogP contribution < -0.4 is 18.3 Å². The SMILES string of the molecule is O=C1c2ccc(cc2)C[n+]2ccc(cc2)-c2cc[n+](cc2)Cc2ccc(cc2)C(=O)c2ccc(cc2)C(=O)c2ccc(cc2)C[n+]2ccc(cc2)-c2cc[n+](cc2)Cc2ccc(cc2)C(=O)c2ccc1cc2. The molecule has 4 aromatic heterocycles. The summed E-state index contributed by atoms with van der Waals surface area (Å²) in [6.07, 6.45) is 16.5. The average molecular weight is 937 g/mol. The van der Waals surface area contributed by atoms with Crippen LogP contribution in [0.4, 0.5) is 0 Å². The molecule has 0 spiro atoms. The third-order valence-corrected chi connectivity index (χ3v) is 13.4. The Balaban J connectivity index is 0.814. The summed E-state index contributed by atoms with van der Waals surface area (Å²) < 4.78 is 8.42. The summed E-state index contributed by atoms with van der Waals surface area (Å²) in [4.78, 5) is 53.9. The van der Waals surface area contributed by atoms with Crippen LogP contribution in [0, 0.1) is 0 Å². The summed E-state index contributed by atoms with van der Waals surface area (Å²) in [5.74, 6) is -0.395. The van der Waals surface area contributed by atoms with Crippen LogP contribution in [0.1, 0.15) is 85.9 Å². The van der Waals surface area contributed by atoms with Crippen molar-refractivity contribution >= 4 is 23.1 Å². The van der Waals surface area contributed by atoms with Crippen LogP contribution in [0.2, 0.25) is 0 Å². The molecule has 72 heavy (non-hydrogen) atoms. The van der Waals surface area contributed by atoms with Crippen molar-refractivity contribution in [2.75, 3.05) is 0 Å². The van der Waals surface area contributed by atoms with Gasteiger partial charge in [0, 0.05) is 115 Å². The van der Waals surface area contributed by atoms with Gasteiger partial charge in [-0.25, -0.2) is 18.3 Å². The molecule has 0 saturated carbocycles. The minimum Gasteiger partial charge on any atom is -0.289 e. The molecule has 10 aromatic rings. The van der Waals surface area contributed by atoms with E-state index < -0.39 is 0 Å². The summed E-state index contributed by atoms with van der Waals surface area (Å²) in [7, 11) is 0. The van der Waals surface area contributed by atoms with E-state index in [0.29, 0.717) is 70.7 Å². The monoisotopic (exact) mass is 936 g/mol. The van der Waals surface area contributed by atoms with E-state index in [0.717, 1.165) is 44.5 Å². The Labute approximate surface area is 417 Å². The highest BCUT2D eigenvalue weighted by Gasteiger charge is 2.17. The fourth-order valence-electron chi connectivity index (χ4n) is 9.12. The van der Waals surface area contributed by atoms with E-state index in [4.69, 9.17) is 0 Å². The minimum atomic E-state index is -0.0988. The average Bonchev–Trinajstić information content (AvgIpc) is 3.44. The maximum absolute atomic E-state index is 13.5. The van der Waals surface area contributed by atoms with E-state index in [2.05, 4.69) is 116 Å². The molecule has 20 bridgehead atoms. The normalized spacial score (nSPS) is 12.9. The molecule has 0 N–H and O–H groups in total. The number of rotatable bonds is 0. The molecule has 20 heterocycles. The van der Waals surface area contributed by atoms with Gasteiger partial charge in [0.15, 0.2) is 98.9 Å². The zero-order chi connectivity index (χ0) is 49.0. The van der Waals surface area contributed by atoms with Gasteiger partial charge in [-0.15, -0.1) is 0 Å². The third kappa shape index (κ3) is 10.0. The molecule has 6 aromatic carbocycles. The molecular weight excluding hydrogens is 889 g/mol. The smallest absolute Gasteiger partial charge is 0.193 e. The van der Waals surface area contributed by atoms with Crippen molar-refractivity contribution in [1.29, 1.82) is 0 Å². The van der Waals surface area contributed by atoms with Gasteiger partial charge in [-0.2, -0.15) is 0 Å². The molecule has 8 heteroatoms. The lowest BCUT2D eigenvalue weighted by atomic mass is 9.97. The number of benzene rings is 6. The van der Waals surface area contributed by atoms with E-state index in [-0.39, 0.29) is 23.1 Å². The predicted octanol–water partition coefficient (Wildman–Crippen LogP) is 9.60. The van der Waals surface area contributed by atoms with Crippen LogP contribution in [-0.4, -0.2) is 23.1 Å². The lowest BCUT2D eigenvalue weighted by molar-refractivity contribution is -0.688. The molecule has 0 amide bonds. The molecule has 16 aliphatic rings. The lowest BCUT2D eigenvalue weighted by Gasteiger charge is -2.06. The Morgan fingerprint density at radius 3 is 0.472 bits per heavy atom. The number of carbonyl (C=O) groups excluding carboxylic acids is 4. The van der Waals surface area contributed by atoms with Gasteiger partial charge in [-0.05, 0) is 22.3 Å². The van der Waals surface area contributed by atoms with E-state index in [1.165, 1.54) is 0 Å². The molecule has 8 nitrogen and oxygen atoms in total. The van der Waals surface area contributed by atoms with Crippen molar-refractivity contribution in [2.45, 2.75) is 26.2 Å². The Hall–Kier alpha value is -9.40. The van der Waals surface area contributed by atoms with Crippen LogP contribution >= 0.6 is 0 Å². The molecule has 26 rings (SSSR count). The van der Waals surface area contributed by atoms with Gasteiger partial charge < -0.3 is 0 Å². The number of ketones is 4. The molecule has 0 radical (unpaired) electrons. The van der Waals surface area contributed by atoms with Crippen LogP contribution in [0.3, 0.4) is 0 Å². The molecular formula is C64H48N4O4+4. The highest BCUT2D eigenvalue weighted by Crippen LogP contribution is 2.21. The summed E-state index contributed by atoms with van der Waals surface area (Å²) in [6.45, 7) is 2.59. The second kappa shape index (κ2) is 19.9. The number of pyridine rings is 4. The van der Waals surface area contributed by atoms with Crippen LogP contribution in [-0.2, 0) is 26.2 Å². The number of hydrogen-bond donors (Lipinski definition) is 0. The quantitative estimate of drug-likeness (QED) is 0.142. The topological polar surface area (TPSA) is 83.8 Å². The zero-order valence-electron chi connectivity index (χ0n) is 39.3. The first kappa shape index (κ1) is 45.1. The Kier molecular flexibility index (Phi) is 12.5. The van der Waals surface area contributed by atoms with Crippen LogP contribution in [0.5, 0.6) is 0 Å². The molecule has 0 saturated heterocycles. The van der Waals surface area contributed by atoms with E-state index >= 15 is 0 Å².